The lowest BCUT2D eigenvalue weighted by Gasteiger charge is -2.19. The van der Waals surface area contributed by atoms with E-state index in [9.17, 15) is 9.59 Å². The molecule has 0 saturated heterocycles. The first-order chi connectivity index (χ1) is 9.43. The number of carbonyl (C=O) groups excluding carboxylic acids is 1. The van der Waals surface area contributed by atoms with Gasteiger partial charge in [-0.05, 0) is 32.6 Å². The number of aliphatic hydroxyl groups is 1. The van der Waals surface area contributed by atoms with Crippen LogP contribution in [0.4, 0.5) is 0 Å². The number of H-pyrrole nitrogens is 1. The third-order valence-corrected chi connectivity index (χ3v) is 3.81. The molecule has 0 radical (unpaired) electrons. The Morgan fingerprint density at radius 3 is 2.65 bits per heavy atom. The maximum atomic E-state index is 12.2. The molecule has 0 spiro atoms. The Balaban J connectivity index is 2.19. The van der Waals surface area contributed by atoms with Gasteiger partial charge in [0.2, 0.25) is 0 Å². The van der Waals surface area contributed by atoms with Crippen LogP contribution in [0, 0.1) is 12.8 Å². The fourth-order valence-electron chi connectivity index (χ4n) is 2.00. The molecule has 110 valence electrons. The highest BCUT2D eigenvalue weighted by molar-refractivity contribution is 5.95. The van der Waals surface area contributed by atoms with Crippen LogP contribution < -0.4 is 10.9 Å². The minimum absolute atomic E-state index is 0.0182. The molecule has 0 aromatic carbocycles. The molecule has 6 nitrogen and oxygen atoms in total. The first-order valence-electron chi connectivity index (χ1n) is 6.96. The Morgan fingerprint density at radius 1 is 1.50 bits per heavy atom. The maximum Gasteiger partial charge on any atom is 0.264 e. The summed E-state index contributed by atoms with van der Waals surface area (Å²) in [5.74, 6) is 0.510. The number of aromatic amines is 1. The van der Waals surface area contributed by atoms with Crippen LogP contribution in [0.2, 0.25) is 0 Å². The van der Waals surface area contributed by atoms with Gasteiger partial charge in [0.05, 0.1) is 5.69 Å². The second-order valence-corrected chi connectivity index (χ2v) is 5.61. The average molecular weight is 279 g/mol. The molecule has 0 aliphatic heterocycles. The highest BCUT2D eigenvalue weighted by Crippen LogP contribution is 2.37. The van der Waals surface area contributed by atoms with Gasteiger partial charge in [-0.15, -0.1) is 0 Å². The molecule has 1 aromatic heterocycles. The van der Waals surface area contributed by atoms with Crippen LogP contribution in [-0.4, -0.2) is 33.6 Å². The maximum absolute atomic E-state index is 12.2. The standard InChI is InChI=1S/C14H21N3O3/c1-7(6-18)8(2)16-13(19)11-9(3)15-12(10-4-5-10)17-14(11)20/h7-8,10,18H,4-6H2,1-3H3,(H,16,19)(H,15,17,20). The van der Waals surface area contributed by atoms with Gasteiger partial charge in [-0.3, -0.25) is 9.59 Å². The molecular formula is C14H21N3O3. The summed E-state index contributed by atoms with van der Waals surface area (Å²) in [5, 5.41) is 11.8. The van der Waals surface area contributed by atoms with Gasteiger partial charge in [0.15, 0.2) is 0 Å². The van der Waals surface area contributed by atoms with Crippen LogP contribution in [0.15, 0.2) is 4.79 Å². The Kier molecular flexibility index (Phi) is 4.23. The van der Waals surface area contributed by atoms with Crippen molar-refractivity contribution in [2.45, 2.75) is 45.6 Å². The van der Waals surface area contributed by atoms with Crippen LogP contribution in [0.5, 0.6) is 0 Å². The number of hydrogen-bond acceptors (Lipinski definition) is 4. The van der Waals surface area contributed by atoms with Crippen molar-refractivity contribution in [3.05, 3.63) is 27.4 Å². The highest BCUT2D eigenvalue weighted by Gasteiger charge is 2.28. The largest absolute Gasteiger partial charge is 0.396 e. The summed E-state index contributed by atoms with van der Waals surface area (Å²) in [4.78, 5) is 31.2. The zero-order chi connectivity index (χ0) is 14.9. The van der Waals surface area contributed by atoms with E-state index in [1.807, 2.05) is 6.92 Å². The van der Waals surface area contributed by atoms with Crippen molar-refractivity contribution >= 4 is 5.91 Å². The van der Waals surface area contributed by atoms with E-state index in [-0.39, 0.29) is 29.7 Å². The summed E-state index contributed by atoms with van der Waals surface area (Å²) >= 11 is 0. The van der Waals surface area contributed by atoms with E-state index in [2.05, 4.69) is 15.3 Å². The smallest absolute Gasteiger partial charge is 0.264 e. The van der Waals surface area contributed by atoms with Gasteiger partial charge >= 0.3 is 0 Å². The molecule has 2 rings (SSSR count). The number of aliphatic hydroxyl groups excluding tert-OH is 1. The summed E-state index contributed by atoms with van der Waals surface area (Å²) in [6.07, 6.45) is 2.08. The van der Waals surface area contributed by atoms with Crippen molar-refractivity contribution < 1.29 is 9.90 Å². The molecule has 6 heteroatoms. The molecule has 1 saturated carbocycles. The third kappa shape index (κ3) is 3.07. The Bertz CT molecular complexity index is 563. The zero-order valence-corrected chi connectivity index (χ0v) is 12.1. The predicted molar refractivity (Wildman–Crippen MR) is 74.7 cm³/mol. The number of aromatic nitrogens is 2. The molecule has 3 N–H and O–H groups in total. The number of carbonyl (C=O) groups is 1. The van der Waals surface area contributed by atoms with Gasteiger partial charge in [-0.1, -0.05) is 6.92 Å². The molecule has 20 heavy (non-hydrogen) atoms. The number of nitrogens with one attached hydrogen (secondary N) is 2. The molecule has 1 aliphatic rings. The highest BCUT2D eigenvalue weighted by atomic mass is 16.3. The van der Waals surface area contributed by atoms with Gasteiger partial charge in [0.25, 0.3) is 11.5 Å². The Hall–Kier alpha value is -1.69. The van der Waals surface area contributed by atoms with Crippen molar-refractivity contribution in [1.82, 2.24) is 15.3 Å². The summed E-state index contributed by atoms with van der Waals surface area (Å²) in [6.45, 7) is 5.29. The second-order valence-electron chi connectivity index (χ2n) is 5.61. The summed E-state index contributed by atoms with van der Waals surface area (Å²) in [5.41, 5.74) is 0.129. The molecule has 1 aliphatic carbocycles. The first-order valence-corrected chi connectivity index (χ1v) is 6.96. The van der Waals surface area contributed by atoms with Crippen molar-refractivity contribution in [1.29, 1.82) is 0 Å². The molecule has 1 aromatic rings. The van der Waals surface area contributed by atoms with Crippen LogP contribution in [-0.2, 0) is 0 Å². The van der Waals surface area contributed by atoms with Gasteiger partial charge in [0.1, 0.15) is 11.4 Å². The van der Waals surface area contributed by atoms with E-state index in [1.54, 1.807) is 13.8 Å². The molecule has 1 amide bonds. The lowest BCUT2D eigenvalue weighted by Crippen LogP contribution is -2.41. The van der Waals surface area contributed by atoms with Gasteiger partial charge in [0, 0.05) is 18.6 Å². The Labute approximate surface area is 117 Å². The number of amides is 1. The fourth-order valence-corrected chi connectivity index (χ4v) is 2.00. The average Bonchev–Trinajstić information content (AvgIpc) is 3.20. The lowest BCUT2D eigenvalue weighted by atomic mass is 10.0. The van der Waals surface area contributed by atoms with Gasteiger partial charge < -0.3 is 15.4 Å². The molecule has 2 unspecified atom stereocenters. The zero-order valence-electron chi connectivity index (χ0n) is 12.1. The van der Waals surface area contributed by atoms with Crippen LogP contribution in [0.1, 0.15) is 54.5 Å². The van der Waals surface area contributed by atoms with E-state index in [4.69, 9.17) is 5.11 Å². The summed E-state index contributed by atoms with van der Waals surface area (Å²) in [6, 6.07) is -0.214. The lowest BCUT2D eigenvalue weighted by molar-refractivity contribution is 0.0913. The molecular weight excluding hydrogens is 258 g/mol. The molecule has 2 atom stereocenters. The number of rotatable bonds is 5. The normalized spacial score (nSPS) is 17.6. The minimum atomic E-state index is -0.439. The van der Waals surface area contributed by atoms with E-state index in [0.29, 0.717) is 17.4 Å². The van der Waals surface area contributed by atoms with Crippen molar-refractivity contribution in [2.24, 2.45) is 5.92 Å². The topological polar surface area (TPSA) is 95.1 Å². The van der Waals surface area contributed by atoms with Gasteiger partial charge in [-0.2, -0.15) is 0 Å². The molecule has 1 fully saturated rings. The third-order valence-electron chi connectivity index (χ3n) is 3.81. The second kappa shape index (κ2) is 5.75. The number of nitrogens with zero attached hydrogens (tertiary/aromatic N) is 1. The van der Waals surface area contributed by atoms with Crippen molar-refractivity contribution in [3.8, 4) is 0 Å². The number of hydrogen-bond donors (Lipinski definition) is 3. The minimum Gasteiger partial charge on any atom is -0.396 e. The quantitative estimate of drug-likeness (QED) is 0.739. The van der Waals surface area contributed by atoms with E-state index < -0.39 is 5.91 Å². The van der Waals surface area contributed by atoms with E-state index >= 15 is 0 Å². The first kappa shape index (κ1) is 14.7. The SMILES string of the molecule is Cc1nc(C2CC2)[nH]c(=O)c1C(=O)NC(C)C(C)CO. The van der Waals surface area contributed by atoms with Gasteiger partial charge in [-0.25, -0.2) is 4.98 Å². The van der Waals surface area contributed by atoms with Crippen LogP contribution in [0.25, 0.3) is 0 Å². The Morgan fingerprint density at radius 2 is 2.15 bits per heavy atom. The number of aryl methyl sites for hydroxylation is 1. The van der Waals surface area contributed by atoms with Crippen molar-refractivity contribution in [2.75, 3.05) is 6.61 Å². The predicted octanol–water partition coefficient (Wildman–Crippen LogP) is 0.702. The van der Waals surface area contributed by atoms with Crippen LogP contribution in [0.3, 0.4) is 0 Å². The monoisotopic (exact) mass is 279 g/mol. The molecule has 1 heterocycles. The molecule has 0 bridgehead atoms. The summed E-state index contributed by atoms with van der Waals surface area (Å²) < 4.78 is 0. The van der Waals surface area contributed by atoms with E-state index in [1.165, 1.54) is 0 Å². The fraction of sp³-hybridized carbons (Fsp3) is 0.643. The van der Waals surface area contributed by atoms with Crippen molar-refractivity contribution in [3.63, 3.8) is 0 Å². The van der Waals surface area contributed by atoms with E-state index in [0.717, 1.165) is 12.8 Å². The van der Waals surface area contributed by atoms with Crippen LogP contribution >= 0.6 is 0 Å². The summed E-state index contributed by atoms with van der Waals surface area (Å²) in [7, 11) is 0.